The van der Waals surface area contributed by atoms with E-state index in [-0.39, 0.29) is 51.5 Å². The number of nitrogens with zero attached hydrogens (tertiary/aromatic N) is 4. The van der Waals surface area contributed by atoms with E-state index in [0.29, 0.717) is 19.4 Å². The van der Waals surface area contributed by atoms with Gasteiger partial charge in [-0.05, 0) is 45.7 Å². The Kier molecular flexibility index (Phi) is 16.3. The van der Waals surface area contributed by atoms with Crippen molar-refractivity contribution in [1.29, 1.82) is 0 Å². The number of rotatable bonds is 16. The van der Waals surface area contributed by atoms with Gasteiger partial charge in [-0.2, -0.15) is 0 Å². The van der Waals surface area contributed by atoms with Crippen molar-refractivity contribution < 1.29 is 38.2 Å². The van der Waals surface area contributed by atoms with Crippen molar-refractivity contribution in [3.63, 3.8) is 0 Å². The number of likely N-dealkylation sites (N-methyl/N-ethyl adjacent to an activating group) is 1. The summed E-state index contributed by atoms with van der Waals surface area (Å²) in [6, 6.07) is -3.08. The Morgan fingerprint density at radius 2 is 1.69 bits per heavy atom. The molecule has 238 valence electrons. The maximum Gasteiger partial charge on any atom is 0.328 e. The molecule has 0 aliphatic carbocycles. The summed E-state index contributed by atoms with van der Waals surface area (Å²) in [4.78, 5) is 82.6. The van der Waals surface area contributed by atoms with Gasteiger partial charge < -0.3 is 36.1 Å². The van der Waals surface area contributed by atoms with Gasteiger partial charge in [0.1, 0.15) is 18.7 Å². The second-order valence-corrected chi connectivity index (χ2v) is 9.82. The number of hydrogen-bond acceptors (Lipinski definition) is 11. The Labute approximate surface area is 247 Å². The molecule has 5 N–H and O–H groups in total. The number of carbonyl (C=O) groups excluding carboxylic acids is 6. The summed E-state index contributed by atoms with van der Waals surface area (Å²) in [7, 11) is 0. The lowest BCUT2D eigenvalue weighted by molar-refractivity contribution is -0.150. The van der Waals surface area contributed by atoms with Gasteiger partial charge in [0.05, 0.1) is 19.1 Å². The van der Waals surface area contributed by atoms with Gasteiger partial charge in [-0.1, -0.05) is 13.8 Å². The van der Waals surface area contributed by atoms with Gasteiger partial charge in [-0.15, -0.1) is 0 Å². The highest BCUT2D eigenvalue weighted by molar-refractivity contribution is 6.10. The number of nitrogens with one attached hydrogen (secondary N) is 1. The Bertz CT molecular complexity index is 972. The zero-order valence-electron chi connectivity index (χ0n) is 25.4. The molecule has 0 spiro atoms. The molecular weight excluding hydrogens is 550 g/mol. The molecule has 1 fully saturated rings. The predicted octanol–water partition coefficient (Wildman–Crippen LogP) is -0.882. The number of ether oxygens (including phenoxy) is 2. The summed E-state index contributed by atoms with van der Waals surface area (Å²) in [5, 5.41) is 2.71. The molecule has 42 heavy (non-hydrogen) atoms. The first kappa shape index (κ1) is 36.4. The topological polar surface area (TPSA) is 207 Å². The fraction of sp³-hybridized carbons (Fsp3) is 0.741. The van der Waals surface area contributed by atoms with Gasteiger partial charge in [0.15, 0.2) is 0 Å². The highest BCUT2D eigenvalue weighted by atomic mass is 16.5. The molecule has 1 rings (SSSR count). The quantitative estimate of drug-likeness (QED) is 0.0861. The first-order chi connectivity index (χ1) is 19.9. The van der Waals surface area contributed by atoms with Gasteiger partial charge in [0.25, 0.3) is 0 Å². The van der Waals surface area contributed by atoms with Crippen LogP contribution >= 0.6 is 0 Å². The van der Waals surface area contributed by atoms with Crippen molar-refractivity contribution in [2.24, 2.45) is 16.5 Å². The van der Waals surface area contributed by atoms with Gasteiger partial charge in [-0.3, -0.25) is 29.0 Å². The van der Waals surface area contributed by atoms with Crippen molar-refractivity contribution in [3.05, 3.63) is 0 Å². The molecule has 0 radical (unpaired) electrons. The van der Waals surface area contributed by atoms with Crippen LogP contribution in [0.25, 0.3) is 0 Å². The smallest absolute Gasteiger partial charge is 0.328 e. The molecule has 0 aromatic heterocycles. The molecule has 15 nitrogen and oxygen atoms in total. The predicted molar refractivity (Wildman–Crippen MR) is 154 cm³/mol. The number of likely N-dealkylation sites (tertiary alicyclic amines) is 1. The second kappa shape index (κ2) is 18.8. The molecule has 1 aliphatic rings. The van der Waals surface area contributed by atoms with Crippen LogP contribution in [-0.2, 0) is 38.2 Å². The fourth-order valence-electron chi connectivity index (χ4n) is 4.54. The molecule has 15 heteroatoms. The van der Waals surface area contributed by atoms with E-state index in [9.17, 15) is 28.8 Å². The number of aliphatic imine (C=N–C) groups is 1. The molecule has 0 aromatic carbocycles. The average Bonchev–Trinajstić information content (AvgIpc) is 3.42. The summed E-state index contributed by atoms with van der Waals surface area (Å²) < 4.78 is 10.3. The maximum absolute atomic E-state index is 13.3. The summed E-state index contributed by atoms with van der Waals surface area (Å²) >= 11 is 0. The zero-order chi connectivity index (χ0) is 31.8. The minimum Gasteiger partial charge on any atom is -0.466 e. The van der Waals surface area contributed by atoms with Crippen molar-refractivity contribution >= 4 is 41.5 Å². The van der Waals surface area contributed by atoms with E-state index in [4.69, 9.17) is 20.9 Å². The SMILES string of the molecule is CCOC(=O)C[C@H](N)C(=O)N1CCC[C@H]1C(=O)N[C@@H](CCCN=C(N)N(C(C)=O)C(C)=O)C(=O)OCCN(CC)CC. The third-order valence-electron chi connectivity index (χ3n) is 6.78. The first-order valence-corrected chi connectivity index (χ1v) is 14.4. The standard InChI is InChI=1S/C27H47N7O8/c1-6-32(7-2)15-16-42-26(40)21(11-9-13-30-27(29)34(18(4)35)19(5)36)31-24(38)22-12-10-14-33(22)25(39)20(28)17-23(37)41-8-3/h20-22H,6-17,28H2,1-5H3,(H2,29,30)(H,31,38)/t20-,21-,22-/m0/s1. The van der Waals surface area contributed by atoms with E-state index >= 15 is 0 Å². The number of guanidine groups is 1. The van der Waals surface area contributed by atoms with Crippen LogP contribution < -0.4 is 16.8 Å². The van der Waals surface area contributed by atoms with E-state index < -0.39 is 53.7 Å². The van der Waals surface area contributed by atoms with Crippen molar-refractivity contribution in [2.45, 2.75) is 84.8 Å². The van der Waals surface area contributed by atoms with Crippen LogP contribution in [-0.4, -0.2) is 120 Å². The monoisotopic (exact) mass is 597 g/mol. The normalized spacial score (nSPS) is 16.5. The molecule has 0 aromatic rings. The van der Waals surface area contributed by atoms with Crippen LogP contribution in [0, 0.1) is 0 Å². The number of carbonyl (C=O) groups is 6. The van der Waals surface area contributed by atoms with Gasteiger partial charge >= 0.3 is 11.9 Å². The molecule has 4 amide bonds. The summed E-state index contributed by atoms with van der Waals surface area (Å²) in [5.74, 6) is -3.77. The van der Waals surface area contributed by atoms with Crippen LogP contribution in [0.1, 0.15) is 66.7 Å². The number of esters is 2. The molecule has 0 saturated carbocycles. The minimum absolute atomic E-state index is 0.0682. The largest absolute Gasteiger partial charge is 0.466 e. The van der Waals surface area contributed by atoms with Crippen LogP contribution in [0.15, 0.2) is 4.99 Å². The summed E-state index contributed by atoms with van der Waals surface area (Å²) in [5.41, 5.74) is 11.7. The average molecular weight is 598 g/mol. The highest BCUT2D eigenvalue weighted by Crippen LogP contribution is 2.19. The third-order valence-corrected chi connectivity index (χ3v) is 6.78. The fourth-order valence-corrected chi connectivity index (χ4v) is 4.54. The zero-order valence-corrected chi connectivity index (χ0v) is 25.4. The van der Waals surface area contributed by atoms with E-state index in [1.807, 2.05) is 13.8 Å². The van der Waals surface area contributed by atoms with Crippen molar-refractivity contribution in [2.75, 3.05) is 45.9 Å². The first-order valence-electron chi connectivity index (χ1n) is 14.4. The van der Waals surface area contributed by atoms with Crippen molar-refractivity contribution in [1.82, 2.24) is 20.0 Å². The van der Waals surface area contributed by atoms with Gasteiger partial charge in [0.2, 0.25) is 29.6 Å². The lowest BCUT2D eigenvalue weighted by Crippen LogP contribution is -2.54. The van der Waals surface area contributed by atoms with E-state index in [1.165, 1.54) is 18.7 Å². The van der Waals surface area contributed by atoms with E-state index in [1.54, 1.807) is 6.92 Å². The Morgan fingerprint density at radius 3 is 2.26 bits per heavy atom. The molecule has 3 atom stereocenters. The van der Waals surface area contributed by atoms with Crippen molar-refractivity contribution in [3.8, 4) is 0 Å². The second-order valence-electron chi connectivity index (χ2n) is 9.82. The lowest BCUT2D eigenvalue weighted by Gasteiger charge is -2.28. The Hall–Kier alpha value is -3.59. The number of imide groups is 1. The van der Waals surface area contributed by atoms with Gasteiger partial charge in [-0.25, -0.2) is 9.69 Å². The summed E-state index contributed by atoms with van der Waals surface area (Å²) in [6.45, 7) is 10.7. The maximum atomic E-state index is 13.3. The molecule has 1 saturated heterocycles. The molecule has 0 bridgehead atoms. The molecule has 0 unspecified atom stereocenters. The van der Waals surface area contributed by atoms with Crippen LogP contribution in [0.3, 0.4) is 0 Å². The van der Waals surface area contributed by atoms with Crippen LogP contribution in [0.2, 0.25) is 0 Å². The molecule has 1 aliphatic heterocycles. The molecular formula is C27H47N7O8. The number of hydrogen-bond donors (Lipinski definition) is 3. The van der Waals surface area contributed by atoms with Crippen LogP contribution in [0.4, 0.5) is 0 Å². The lowest BCUT2D eigenvalue weighted by atomic mass is 10.1. The van der Waals surface area contributed by atoms with E-state index in [0.717, 1.165) is 18.0 Å². The molecule has 1 heterocycles. The van der Waals surface area contributed by atoms with Crippen LogP contribution in [0.5, 0.6) is 0 Å². The highest BCUT2D eigenvalue weighted by Gasteiger charge is 2.38. The number of nitrogens with two attached hydrogens (primary N) is 2. The Balaban J connectivity index is 2.95. The Morgan fingerprint density at radius 1 is 1.05 bits per heavy atom. The minimum atomic E-state index is -1.16. The number of amides is 4. The summed E-state index contributed by atoms with van der Waals surface area (Å²) in [6.07, 6.45) is 0.979. The van der Waals surface area contributed by atoms with Gasteiger partial charge in [0, 0.05) is 33.5 Å². The van der Waals surface area contributed by atoms with E-state index in [2.05, 4.69) is 15.2 Å². The third kappa shape index (κ3) is 11.7.